The molecule has 0 aliphatic heterocycles. The molecule has 0 amide bonds. The van der Waals surface area contributed by atoms with E-state index in [2.05, 4.69) is 4.98 Å². The molecule has 0 spiro atoms. The fourth-order valence-corrected chi connectivity index (χ4v) is 2.58. The summed E-state index contributed by atoms with van der Waals surface area (Å²) in [6.07, 6.45) is 3.79. The third-order valence-electron chi connectivity index (χ3n) is 2.99. The van der Waals surface area contributed by atoms with E-state index < -0.39 is 0 Å². The first-order valence-corrected chi connectivity index (χ1v) is 7.08. The molecule has 20 heavy (non-hydrogen) atoms. The first-order chi connectivity index (χ1) is 9.67. The number of hydrogen-bond acceptors (Lipinski definition) is 5. The number of anilines is 1. The number of fused-ring (bicyclic) bond motifs is 1. The topological polar surface area (TPSA) is 74.0 Å². The van der Waals surface area contributed by atoms with Gasteiger partial charge in [0, 0.05) is 11.9 Å². The summed E-state index contributed by atoms with van der Waals surface area (Å²) in [5, 5.41) is 2.43. The molecule has 3 rings (SSSR count). The average molecular weight is 287 g/mol. The second kappa shape index (κ2) is 4.97. The SMILES string of the molecule is CCn1c(=O)oc2cc(C=Cc3csc(N)n3)ccc21. The van der Waals surface area contributed by atoms with E-state index in [-0.39, 0.29) is 5.76 Å². The van der Waals surface area contributed by atoms with Gasteiger partial charge in [0.1, 0.15) is 0 Å². The van der Waals surface area contributed by atoms with E-state index in [4.69, 9.17) is 10.2 Å². The van der Waals surface area contributed by atoms with Crippen molar-refractivity contribution in [1.82, 2.24) is 9.55 Å². The van der Waals surface area contributed by atoms with Crippen molar-refractivity contribution in [2.75, 3.05) is 5.73 Å². The molecule has 0 unspecified atom stereocenters. The van der Waals surface area contributed by atoms with Crippen LogP contribution in [0.2, 0.25) is 0 Å². The normalized spacial score (nSPS) is 11.7. The standard InChI is InChI=1S/C14H13N3O2S/c1-2-17-11-6-4-9(7-12(11)19-14(17)18)3-5-10-8-20-13(15)16-10/h3-8H,2H2,1H3,(H2,15,16). The lowest BCUT2D eigenvalue weighted by atomic mass is 10.2. The zero-order valence-corrected chi connectivity index (χ0v) is 11.7. The van der Waals surface area contributed by atoms with Gasteiger partial charge in [-0.1, -0.05) is 12.1 Å². The van der Waals surface area contributed by atoms with Crippen LogP contribution in [0.1, 0.15) is 18.2 Å². The van der Waals surface area contributed by atoms with Crippen molar-refractivity contribution in [3.63, 3.8) is 0 Å². The molecule has 0 aliphatic rings. The minimum absolute atomic E-state index is 0.323. The molecule has 5 nitrogen and oxygen atoms in total. The van der Waals surface area contributed by atoms with Crippen LogP contribution >= 0.6 is 11.3 Å². The highest BCUT2D eigenvalue weighted by molar-refractivity contribution is 7.13. The van der Waals surface area contributed by atoms with Gasteiger partial charge < -0.3 is 10.2 Å². The zero-order chi connectivity index (χ0) is 14.1. The molecule has 0 saturated heterocycles. The lowest BCUT2D eigenvalue weighted by molar-refractivity contribution is 0.513. The predicted molar refractivity (Wildman–Crippen MR) is 81.6 cm³/mol. The van der Waals surface area contributed by atoms with Crippen LogP contribution in [0.4, 0.5) is 5.13 Å². The van der Waals surface area contributed by atoms with Gasteiger partial charge in [0.2, 0.25) is 0 Å². The van der Waals surface area contributed by atoms with Gasteiger partial charge in [0.15, 0.2) is 10.7 Å². The van der Waals surface area contributed by atoms with Crippen molar-refractivity contribution in [2.24, 2.45) is 0 Å². The average Bonchev–Trinajstić information content (AvgIpc) is 2.98. The Morgan fingerprint density at radius 3 is 3.00 bits per heavy atom. The summed E-state index contributed by atoms with van der Waals surface area (Å²) < 4.78 is 6.83. The number of nitrogens with zero attached hydrogens (tertiary/aromatic N) is 2. The first kappa shape index (κ1) is 12.7. The van der Waals surface area contributed by atoms with Gasteiger partial charge in [-0.25, -0.2) is 9.78 Å². The van der Waals surface area contributed by atoms with Crippen LogP contribution in [-0.2, 0) is 6.54 Å². The van der Waals surface area contributed by atoms with E-state index in [0.717, 1.165) is 16.8 Å². The van der Waals surface area contributed by atoms with E-state index in [1.54, 1.807) is 4.57 Å². The minimum atomic E-state index is -0.323. The third-order valence-corrected chi connectivity index (χ3v) is 3.69. The highest BCUT2D eigenvalue weighted by Gasteiger charge is 2.07. The summed E-state index contributed by atoms with van der Waals surface area (Å²) in [6.45, 7) is 2.51. The Labute approximate surface area is 119 Å². The van der Waals surface area contributed by atoms with Gasteiger partial charge in [0.25, 0.3) is 0 Å². The zero-order valence-electron chi connectivity index (χ0n) is 10.9. The van der Waals surface area contributed by atoms with Gasteiger partial charge in [-0.15, -0.1) is 11.3 Å². The van der Waals surface area contributed by atoms with Crippen LogP contribution in [0, 0.1) is 0 Å². The van der Waals surface area contributed by atoms with Crippen molar-refractivity contribution in [1.29, 1.82) is 0 Å². The van der Waals surface area contributed by atoms with Crippen molar-refractivity contribution in [2.45, 2.75) is 13.5 Å². The maximum Gasteiger partial charge on any atom is 0.419 e. The maximum absolute atomic E-state index is 11.6. The smallest absolute Gasteiger partial charge is 0.408 e. The fourth-order valence-electron chi connectivity index (χ4n) is 2.04. The number of aryl methyl sites for hydroxylation is 1. The monoisotopic (exact) mass is 287 g/mol. The predicted octanol–water partition coefficient (Wildman–Crippen LogP) is 2.82. The fraction of sp³-hybridized carbons (Fsp3) is 0.143. The molecule has 0 aliphatic carbocycles. The van der Waals surface area contributed by atoms with Gasteiger partial charge >= 0.3 is 5.76 Å². The Balaban J connectivity index is 1.97. The van der Waals surface area contributed by atoms with Gasteiger partial charge in [-0.3, -0.25) is 4.57 Å². The third kappa shape index (κ3) is 2.25. The molecule has 0 saturated carbocycles. The Kier molecular flexibility index (Phi) is 3.15. The number of hydrogen-bond donors (Lipinski definition) is 1. The molecule has 2 aromatic heterocycles. The summed E-state index contributed by atoms with van der Waals surface area (Å²) in [6, 6.07) is 5.67. The van der Waals surface area contributed by atoms with Gasteiger partial charge in [0.05, 0.1) is 11.2 Å². The lowest BCUT2D eigenvalue weighted by Gasteiger charge is -1.96. The van der Waals surface area contributed by atoms with Crippen LogP contribution in [0.15, 0.2) is 32.8 Å². The van der Waals surface area contributed by atoms with E-state index in [1.807, 2.05) is 42.7 Å². The summed E-state index contributed by atoms with van der Waals surface area (Å²) in [5.74, 6) is -0.323. The summed E-state index contributed by atoms with van der Waals surface area (Å²) in [4.78, 5) is 15.8. The number of aromatic nitrogens is 2. The number of oxazole rings is 1. The molecule has 0 radical (unpaired) electrons. The molecule has 2 N–H and O–H groups in total. The van der Waals surface area contributed by atoms with Gasteiger partial charge in [-0.05, 0) is 30.7 Å². The second-order valence-corrected chi connectivity index (χ2v) is 5.17. The summed E-state index contributed by atoms with van der Waals surface area (Å²) in [5.41, 5.74) is 8.75. The van der Waals surface area contributed by atoms with Crippen molar-refractivity contribution < 1.29 is 4.42 Å². The number of nitrogen functional groups attached to an aromatic ring is 1. The summed E-state index contributed by atoms with van der Waals surface area (Å²) >= 11 is 1.40. The number of benzene rings is 1. The Morgan fingerprint density at radius 1 is 1.45 bits per heavy atom. The number of thiazole rings is 1. The first-order valence-electron chi connectivity index (χ1n) is 6.20. The van der Waals surface area contributed by atoms with Crippen molar-refractivity contribution in [3.8, 4) is 0 Å². The number of rotatable bonds is 3. The second-order valence-electron chi connectivity index (χ2n) is 4.28. The van der Waals surface area contributed by atoms with E-state index in [0.29, 0.717) is 17.3 Å². The molecule has 102 valence electrons. The molecular weight excluding hydrogens is 274 g/mol. The van der Waals surface area contributed by atoms with Crippen molar-refractivity contribution >= 4 is 39.7 Å². The molecule has 2 heterocycles. The quantitative estimate of drug-likeness (QED) is 0.803. The molecule has 6 heteroatoms. The van der Waals surface area contributed by atoms with Crippen molar-refractivity contribution in [3.05, 3.63) is 45.4 Å². The molecule has 0 bridgehead atoms. The molecule has 0 fully saturated rings. The van der Waals surface area contributed by atoms with E-state index >= 15 is 0 Å². The van der Waals surface area contributed by atoms with Crippen LogP contribution in [0.3, 0.4) is 0 Å². The maximum atomic E-state index is 11.6. The Hall–Kier alpha value is -2.34. The molecule has 0 atom stereocenters. The van der Waals surface area contributed by atoms with E-state index in [9.17, 15) is 4.79 Å². The Morgan fingerprint density at radius 2 is 2.30 bits per heavy atom. The molecule has 1 aromatic carbocycles. The van der Waals surface area contributed by atoms with Crippen LogP contribution in [0.25, 0.3) is 23.3 Å². The van der Waals surface area contributed by atoms with Crippen LogP contribution in [-0.4, -0.2) is 9.55 Å². The van der Waals surface area contributed by atoms with E-state index in [1.165, 1.54) is 11.3 Å². The molecule has 3 aromatic rings. The highest BCUT2D eigenvalue weighted by atomic mass is 32.1. The molecular formula is C14H13N3O2S. The summed E-state index contributed by atoms with van der Waals surface area (Å²) in [7, 11) is 0. The largest absolute Gasteiger partial charge is 0.419 e. The lowest BCUT2D eigenvalue weighted by Crippen LogP contribution is -2.11. The minimum Gasteiger partial charge on any atom is -0.408 e. The van der Waals surface area contributed by atoms with Crippen LogP contribution < -0.4 is 11.5 Å². The Bertz CT molecular complexity index is 842. The van der Waals surface area contributed by atoms with Gasteiger partial charge in [-0.2, -0.15) is 0 Å². The highest BCUT2D eigenvalue weighted by Crippen LogP contribution is 2.18. The number of nitrogens with two attached hydrogens (primary N) is 1. The van der Waals surface area contributed by atoms with Crippen LogP contribution in [0.5, 0.6) is 0 Å².